The zero-order valence-electron chi connectivity index (χ0n) is 16.0. The third kappa shape index (κ3) is 4.40. The highest BCUT2D eigenvalue weighted by molar-refractivity contribution is 7.12. The van der Waals surface area contributed by atoms with Crippen LogP contribution in [0.2, 0.25) is 0 Å². The molecule has 0 bridgehead atoms. The minimum Gasteiger partial charge on any atom is -0.465 e. The van der Waals surface area contributed by atoms with E-state index in [9.17, 15) is 14.4 Å². The van der Waals surface area contributed by atoms with Crippen LogP contribution in [0.25, 0.3) is 0 Å². The second kappa shape index (κ2) is 8.99. The molecule has 0 radical (unpaired) electrons. The third-order valence-electron chi connectivity index (χ3n) is 4.80. The molecule has 1 aliphatic rings. The number of esters is 1. The predicted molar refractivity (Wildman–Crippen MR) is 108 cm³/mol. The van der Waals surface area contributed by atoms with Gasteiger partial charge in [0.15, 0.2) is 0 Å². The molecule has 0 saturated carbocycles. The second-order valence-electron chi connectivity index (χ2n) is 6.51. The van der Waals surface area contributed by atoms with Crippen LogP contribution in [0.5, 0.6) is 0 Å². The summed E-state index contributed by atoms with van der Waals surface area (Å²) in [5.74, 6) is -0.546. The molecule has 0 aliphatic carbocycles. The number of para-hydroxylation sites is 1. The molecule has 2 amide bonds. The minimum absolute atomic E-state index is 0.0464. The van der Waals surface area contributed by atoms with Gasteiger partial charge in [-0.25, -0.2) is 4.79 Å². The van der Waals surface area contributed by atoms with Crippen molar-refractivity contribution in [3.8, 4) is 0 Å². The number of carbonyl (C=O) groups excluding carboxylic acids is 3. The fourth-order valence-electron chi connectivity index (χ4n) is 3.15. The van der Waals surface area contributed by atoms with Crippen LogP contribution in [-0.2, 0) is 9.53 Å². The average Bonchev–Trinajstić information content (AvgIpc) is 3.27. The molecule has 148 valence electrons. The number of ether oxygens (including phenoxy) is 1. The van der Waals surface area contributed by atoms with Crippen LogP contribution in [0.4, 0.5) is 5.69 Å². The van der Waals surface area contributed by atoms with Crippen LogP contribution in [0.1, 0.15) is 20.0 Å². The van der Waals surface area contributed by atoms with Crippen molar-refractivity contribution in [3.63, 3.8) is 0 Å². The molecule has 1 fully saturated rings. The van der Waals surface area contributed by atoms with Crippen LogP contribution in [0.3, 0.4) is 0 Å². The van der Waals surface area contributed by atoms with E-state index in [-0.39, 0.29) is 18.4 Å². The van der Waals surface area contributed by atoms with Gasteiger partial charge in [0.1, 0.15) is 0 Å². The smallest absolute Gasteiger partial charge is 0.339 e. The summed E-state index contributed by atoms with van der Waals surface area (Å²) in [6.07, 6.45) is 0. The molecule has 1 aromatic heterocycles. The van der Waals surface area contributed by atoms with Crippen LogP contribution < -0.4 is 4.90 Å². The Kier molecular flexibility index (Phi) is 6.43. The largest absolute Gasteiger partial charge is 0.465 e. The molecule has 3 rings (SSSR count). The predicted octanol–water partition coefficient (Wildman–Crippen LogP) is 1.96. The van der Waals surface area contributed by atoms with Gasteiger partial charge in [-0.15, -0.1) is 11.3 Å². The molecule has 28 heavy (non-hydrogen) atoms. The lowest BCUT2D eigenvalue weighted by molar-refractivity contribution is -0.119. The minimum atomic E-state index is -0.476. The fourth-order valence-corrected chi connectivity index (χ4v) is 3.84. The standard InChI is InChI=1S/C20H23N3O4S/c1-21(16-7-4-3-6-15(16)20(26)27-2)18(24)14-22-9-11-23(12-10-22)19(25)17-8-5-13-28-17/h3-8,13H,9-12,14H2,1-2H3. The lowest BCUT2D eigenvalue weighted by atomic mass is 10.1. The van der Waals surface area contributed by atoms with E-state index in [0.717, 1.165) is 4.88 Å². The Bertz CT molecular complexity index is 845. The van der Waals surface area contributed by atoms with Crippen LogP contribution in [-0.4, -0.2) is 74.5 Å². The summed E-state index contributed by atoms with van der Waals surface area (Å²) in [5, 5.41) is 1.89. The molecule has 0 N–H and O–H groups in total. The Labute approximate surface area is 168 Å². The monoisotopic (exact) mass is 401 g/mol. The van der Waals surface area contributed by atoms with Gasteiger partial charge in [-0.3, -0.25) is 14.5 Å². The molecular formula is C20H23N3O4S. The van der Waals surface area contributed by atoms with Crippen molar-refractivity contribution in [1.82, 2.24) is 9.80 Å². The van der Waals surface area contributed by atoms with Gasteiger partial charge in [0.05, 0.1) is 29.8 Å². The van der Waals surface area contributed by atoms with Gasteiger partial charge in [-0.2, -0.15) is 0 Å². The van der Waals surface area contributed by atoms with E-state index in [2.05, 4.69) is 0 Å². The van der Waals surface area contributed by atoms with Gasteiger partial charge in [-0.1, -0.05) is 18.2 Å². The Morgan fingerprint density at radius 2 is 1.79 bits per heavy atom. The van der Waals surface area contributed by atoms with Crippen molar-refractivity contribution in [1.29, 1.82) is 0 Å². The number of rotatable bonds is 5. The van der Waals surface area contributed by atoms with Gasteiger partial charge in [0.2, 0.25) is 5.91 Å². The number of anilines is 1. The summed E-state index contributed by atoms with van der Waals surface area (Å²) in [6, 6.07) is 10.6. The molecule has 0 unspecified atom stereocenters. The number of carbonyl (C=O) groups is 3. The molecule has 8 heteroatoms. The number of methoxy groups -OCH3 is 1. The third-order valence-corrected chi connectivity index (χ3v) is 5.65. The first-order valence-electron chi connectivity index (χ1n) is 9.00. The Morgan fingerprint density at radius 3 is 2.43 bits per heavy atom. The van der Waals surface area contributed by atoms with Gasteiger partial charge < -0.3 is 14.5 Å². The number of benzene rings is 1. The van der Waals surface area contributed by atoms with Crippen molar-refractivity contribution in [3.05, 3.63) is 52.2 Å². The second-order valence-corrected chi connectivity index (χ2v) is 7.45. The number of thiophene rings is 1. The first-order chi connectivity index (χ1) is 13.5. The molecule has 0 atom stereocenters. The molecule has 1 aliphatic heterocycles. The summed E-state index contributed by atoms with van der Waals surface area (Å²) in [7, 11) is 2.97. The van der Waals surface area contributed by atoms with E-state index >= 15 is 0 Å². The summed E-state index contributed by atoms with van der Waals surface area (Å²) in [6.45, 7) is 2.68. The zero-order valence-corrected chi connectivity index (χ0v) is 16.8. The number of hydrogen-bond acceptors (Lipinski definition) is 6. The molecule has 2 aromatic rings. The van der Waals surface area contributed by atoms with Crippen molar-refractivity contribution >= 4 is 34.8 Å². The lowest BCUT2D eigenvalue weighted by Crippen LogP contribution is -2.51. The van der Waals surface area contributed by atoms with Gasteiger partial charge in [0, 0.05) is 33.2 Å². The van der Waals surface area contributed by atoms with Gasteiger partial charge >= 0.3 is 5.97 Å². The number of nitrogens with zero attached hydrogens (tertiary/aromatic N) is 3. The van der Waals surface area contributed by atoms with Crippen LogP contribution in [0.15, 0.2) is 41.8 Å². The van der Waals surface area contributed by atoms with Crippen molar-refractivity contribution in [2.24, 2.45) is 0 Å². The van der Waals surface area contributed by atoms with Crippen molar-refractivity contribution in [2.45, 2.75) is 0 Å². The SMILES string of the molecule is COC(=O)c1ccccc1N(C)C(=O)CN1CCN(C(=O)c2cccs2)CC1. The van der Waals surface area contributed by atoms with E-state index in [1.165, 1.54) is 23.3 Å². The van der Waals surface area contributed by atoms with E-state index in [1.807, 2.05) is 27.3 Å². The van der Waals surface area contributed by atoms with E-state index in [4.69, 9.17) is 4.74 Å². The molecule has 1 aromatic carbocycles. The van der Waals surface area contributed by atoms with E-state index < -0.39 is 5.97 Å². The Balaban J connectivity index is 1.57. The first-order valence-corrected chi connectivity index (χ1v) is 9.88. The topological polar surface area (TPSA) is 70.2 Å². The molecule has 7 nitrogen and oxygen atoms in total. The number of amides is 2. The Morgan fingerprint density at radius 1 is 1.07 bits per heavy atom. The number of likely N-dealkylation sites (N-methyl/N-ethyl adjacent to an activating group) is 1. The Hall–Kier alpha value is -2.71. The summed E-state index contributed by atoms with van der Waals surface area (Å²) in [4.78, 5) is 43.2. The fraction of sp³-hybridized carbons (Fsp3) is 0.350. The molecule has 1 saturated heterocycles. The van der Waals surface area contributed by atoms with Gasteiger partial charge in [-0.05, 0) is 23.6 Å². The van der Waals surface area contributed by atoms with Crippen molar-refractivity contribution in [2.75, 3.05) is 51.8 Å². The summed E-state index contributed by atoms with van der Waals surface area (Å²) < 4.78 is 4.80. The van der Waals surface area contributed by atoms with Crippen LogP contribution >= 0.6 is 11.3 Å². The maximum Gasteiger partial charge on any atom is 0.339 e. The number of hydrogen-bond donors (Lipinski definition) is 0. The van der Waals surface area contributed by atoms with Gasteiger partial charge in [0.25, 0.3) is 5.91 Å². The maximum atomic E-state index is 12.7. The number of piperazine rings is 1. The highest BCUT2D eigenvalue weighted by atomic mass is 32.1. The molecular weight excluding hydrogens is 378 g/mol. The first kappa shape index (κ1) is 20.0. The molecule has 0 spiro atoms. The average molecular weight is 401 g/mol. The maximum absolute atomic E-state index is 12.7. The lowest BCUT2D eigenvalue weighted by Gasteiger charge is -2.35. The van der Waals surface area contributed by atoms with E-state index in [0.29, 0.717) is 37.4 Å². The zero-order chi connectivity index (χ0) is 20.1. The van der Waals surface area contributed by atoms with Crippen LogP contribution in [0, 0.1) is 0 Å². The van der Waals surface area contributed by atoms with Crippen molar-refractivity contribution < 1.29 is 19.1 Å². The summed E-state index contributed by atoms with van der Waals surface area (Å²) >= 11 is 1.44. The highest BCUT2D eigenvalue weighted by Crippen LogP contribution is 2.20. The highest BCUT2D eigenvalue weighted by Gasteiger charge is 2.25. The normalized spacial score (nSPS) is 14.6. The quantitative estimate of drug-likeness (QED) is 0.717. The van der Waals surface area contributed by atoms with E-state index in [1.54, 1.807) is 31.3 Å². The molecule has 2 heterocycles. The summed E-state index contributed by atoms with van der Waals surface area (Å²) in [5.41, 5.74) is 0.873.